The molecule has 28 heavy (non-hydrogen) atoms. The van der Waals surface area contributed by atoms with Crippen LogP contribution in [0.4, 0.5) is 0 Å². The third-order valence-corrected chi connectivity index (χ3v) is 4.08. The standard InChI is InChI=1S/C22H22O6/c1-4-25-18-9-7-6-8-15(18)12-20-21(23)17-11-10-16(13-19(17)28-20)27-14(3)22(24)26-5-2/h6-14H,4-5H2,1-3H3/b20-12-/t14-/m1/s1. The number of benzene rings is 2. The van der Waals surface area contributed by atoms with Gasteiger partial charge in [0.2, 0.25) is 5.78 Å². The van der Waals surface area contributed by atoms with Crippen LogP contribution in [0.5, 0.6) is 17.2 Å². The Bertz CT molecular complexity index is 915. The molecular weight excluding hydrogens is 360 g/mol. The number of ketones is 1. The molecule has 0 spiro atoms. The Kier molecular flexibility index (Phi) is 5.99. The zero-order valence-corrected chi connectivity index (χ0v) is 16.1. The fraction of sp³-hybridized carbons (Fsp3) is 0.273. The molecule has 2 aromatic carbocycles. The first-order valence-corrected chi connectivity index (χ1v) is 9.16. The summed E-state index contributed by atoms with van der Waals surface area (Å²) in [5.41, 5.74) is 1.20. The normalized spacial score (nSPS) is 15.0. The molecule has 0 bridgehead atoms. The van der Waals surface area contributed by atoms with Crippen molar-refractivity contribution < 1.29 is 28.5 Å². The first kappa shape index (κ1) is 19.5. The fourth-order valence-electron chi connectivity index (χ4n) is 2.78. The van der Waals surface area contributed by atoms with Crippen LogP contribution >= 0.6 is 0 Å². The molecule has 0 unspecified atom stereocenters. The maximum Gasteiger partial charge on any atom is 0.347 e. The number of hydrogen-bond acceptors (Lipinski definition) is 6. The van der Waals surface area contributed by atoms with Crippen LogP contribution in [-0.2, 0) is 9.53 Å². The van der Waals surface area contributed by atoms with Crippen LogP contribution < -0.4 is 14.2 Å². The van der Waals surface area contributed by atoms with Crippen molar-refractivity contribution in [3.63, 3.8) is 0 Å². The van der Waals surface area contributed by atoms with E-state index in [0.29, 0.717) is 29.4 Å². The van der Waals surface area contributed by atoms with Gasteiger partial charge in [0.05, 0.1) is 18.8 Å². The SMILES string of the molecule is CCOC(=O)[C@@H](C)Oc1ccc2c(c1)O/C(=C\c1ccccc1OCC)C2=O. The molecule has 1 heterocycles. The maximum atomic E-state index is 12.6. The molecule has 3 rings (SSSR count). The topological polar surface area (TPSA) is 71.1 Å². The van der Waals surface area contributed by atoms with Gasteiger partial charge in [-0.1, -0.05) is 18.2 Å². The number of fused-ring (bicyclic) bond motifs is 1. The summed E-state index contributed by atoms with van der Waals surface area (Å²) in [4.78, 5) is 24.4. The van der Waals surface area contributed by atoms with Gasteiger partial charge in [-0.3, -0.25) is 4.79 Å². The average Bonchev–Trinajstić information content (AvgIpc) is 2.98. The van der Waals surface area contributed by atoms with Crippen molar-refractivity contribution in [3.05, 3.63) is 59.4 Å². The van der Waals surface area contributed by atoms with E-state index >= 15 is 0 Å². The summed E-state index contributed by atoms with van der Waals surface area (Å²) in [6.45, 7) is 6.04. The Labute approximate surface area is 163 Å². The summed E-state index contributed by atoms with van der Waals surface area (Å²) < 4.78 is 21.9. The third-order valence-electron chi connectivity index (χ3n) is 4.08. The van der Waals surface area contributed by atoms with Gasteiger partial charge in [0.1, 0.15) is 17.2 Å². The van der Waals surface area contributed by atoms with E-state index in [1.807, 2.05) is 31.2 Å². The largest absolute Gasteiger partial charge is 0.493 e. The summed E-state index contributed by atoms with van der Waals surface area (Å²) in [5.74, 6) is 1.02. The van der Waals surface area contributed by atoms with E-state index in [0.717, 1.165) is 5.56 Å². The fourth-order valence-corrected chi connectivity index (χ4v) is 2.78. The summed E-state index contributed by atoms with van der Waals surface area (Å²) in [6.07, 6.45) is 0.901. The van der Waals surface area contributed by atoms with Gasteiger partial charge < -0.3 is 18.9 Å². The van der Waals surface area contributed by atoms with Gasteiger partial charge in [-0.25, -0.2) is 4.79 Å². The minimum atomic E-state index is -0.761. The van der Waals surface area contributed by atoms with Gasteiger partial charge >= 0.3 is 5.97 Å². The quantitative estimate of drug-likeness (QED) is 0.532. The number of carbonyl (C=O) groups excluding carboxylic acids is 2. The average molecular weight is 382 g/mol. The molecule has 0 fully saturated rings. The van der Waals surface area contributed by atoms with Crippen LogP contribution in [0.15, 0.2) is 48.2 Å². The zero-order chi connectivity index (χ0) is 20.1. The Hall–Kier alpha value is -3.28. The number of hydrogen-bond donors (Lipinski definition) is 0. The molecular formula is C22H22O6. The van der Waals surface area contributed by atoms with Crippen molar-refractivity contribution in [2.75, 3.05) is 13.2 Å². The van der Waals surface area contributed by atoms with E-state index in [4.69, 9.17) is 18.9 Å². The predicted molar refractivity (Wildman–Crippen MR) is 104 cm³/mol. The van der Waals surface area contributed by atoms with E-state index in [-0.39, 0.29) is 18.1 Å². The van der Waals surface area contributed by atoms with Gasteiger partial charge in [-0.05, 0) is 45.0 Å². The van der Waals surface area contributed by atoms with Gasteiger partial charge in [-0.15, -0.1) is 0 Å². The lowest BCUT2D eigenvalue weighted by molar-refractivity contribution is -0.150. The second kappa shape index (κ2) is 8.61. The molecule has 0 aliphatic carbocycles. The molecule has 146 valence electrons. The van der Waals surface area contributed by atoms with Crippen molar-refractivity contribution in [3.8, 4) is 17.2 Å². The predicted octanol–water partition coefficient (Wildman–Crippen LogP) is 4.03. The highest BCUT2D eigenvalue weighted by Crippen LogP contribution is 2.36. The molecule has 0 saturated carbocycles. The molecule has 1 atom stereocenters. The van der Waals surface area contributed by atoms with E-state index in [1.54, 1.807) is 38.1 Å². The Morgan fingerprint density at radius 1 is 1.14 bits per heavy atom. The zero-order valence-electron chi connectivity index (χ0n) is 16.1. The number of carbonyl (C=O) groups is 2. The molecule has 0 radical (unpaired) electrons. The van der Waals surface area contributed by atoms with Gasteiger partial charge in [-0.2, -0.15) is 0 Å². The number of ether oxygens (including phenoxy) is 4. The van der Waals surface area contributed by atoms with Crippen molar-refractivity contribution in [2.45, 2.75) is 26.9 Å². The van der Waals surface area contributed by atoms with Crippen LogP contribution in [0.25, 0.3) is 6.08 Å². The third kappa shape index (κ3) is 4.17. The van der Waals surface area contributed by atoms with Crippen LogP contribution in [0.3, 0.4) is 0 Å². The van der Waals surface area contributed by atoms with Crippen molar-refractivity contribution in [2.24, 2.45) is 0 Å². The molecule has 6 heteroatoms. The minimum Gasteiger partial charge on any atom is -0.493 e. The number of para-hydroxylation sites is 1. The highest BCUT2D eigenvalue weighted by Gasteiger charge is 2.28. The lowest BCUT2D eigenvalue weighted by Gasteiger charge is -2.13. The van der Waals surface area contributed by atoms with Crippen LogP contribution in [-0.4, -0.2) is 31.1 Å². The second-order valence-electron chi connectivity index (χ2n) is 6.08. The molecule has 1 aliphatic rings. The Balaban J connectivity index is 1.81. The van der Waals surface area contributed by atoms with Crippen LogP contribution in [0.2, 0.25) is 0 Å². The van der Waals surface area contributed by atoms with Crippen LogP contribution in [0.1, 0.15) is 36.7 Å². The van der Waals surface area contributed by atoms with E-state index < -0.39 is 12.1 Å². The van der Waals surface area contributed by atoms with Crippen LogP contribution in [0, 0.1) is 0 Å². The second-order valence-corrected chi connectivity index (χ2v) is 6.08. The highest BCUT2D eigenvalue weighted by molar-refractivity contribution is 6.14. The first-order chi connectivity index (χ1) is 13.5. The van der Waals surface area contributed by atoms with Gasteiger partial charge in [0, 0.05) is 11.6 Å². The highest BCUT2D eigenvalue weighted by atomic mass is 16.6. The smallest absolute Gasteiger partial charge is 0.347 e. The summed E-state index contributed by atoms with van der Waals surface area (Å²) in [6, 6.07) is 12.3. The minimum absolute atomic E-state index is 0.206. The van der Waals surface area contributed by atoms with Gasteiger partial charge in [0.25, 0.3) is 0 Å². The number of allylic oxidation sites excluding steroid dienone is 1. The molecule has 0 amide bonds. The van der Waals surface area contributed by atoms with E-state index in [1.165, 1.54) is 0 Å². The molecule has 2 aromatic rings. The van der Waals surface area contributed by atoms with E-state index in [9.17, 15) is 9.59 Å². The molecule has 1 aliphatic heterocycles. The summed E-state index contributed by atoms with van der Waals surface area (Å²) in [5, 5.41) is 0. The summed E-state index contributed by atoms with van der Waals surface area (Å²) in [7, 11) is 0. The number of rotatable bonds is 7. The van der Waals surface area contributed by atoms with Crippen molar-refractivity contribution in [1.29, 1.82) is 0 Å². The lowest BCUT2D eigenvalue weighted by atomic mass is 10.1. The maximum absolute atomic E-state index is 12.6. The monoisotopic (exact) mass is 382 g/mol. The first-order valence-electron chi connectivity index (χ1n) is 9.16. The van der Waals surface area contributed by atoms with Gasteiger partial charge in [0.15, 0.2) is 11.9 Å². The number of Topliss-reactive ketones (excluding diaryl/α,β-unsaturated/α-hetero) is 1. The molecule has 6 nitrogen and oxygen atoms in total. The lowest BCUT2D eigenvalue weighted by Crippen LogP contribution is -2.26. The van der Waals surface area contributed by atoms with E-state index in [2.05, 4.69) is 0 Å². The Morgan fingerprint density at radius 2 is 1.93 bits per heavy atom. The molecule has 0 N–H and O–H groups in total. The van der Waals surface area contributed by atoms with Crippen molar-refractivity contribution >= 4 is 17.8 Å². The summed E-state index contributed by atoms with van der Waals surface area (Å²) >= 11 is 0. The van der Waals surface area contributed by atoms with Crippen molar-refractivity contribution in [1.82, 2.24) is 0 Å². The molecule has 0 aromatic heterocycles. The molecule has 0 saturated heterocycles. The number of esters is 1. The Morgan fingerprint density at radius 3 is 2.68 bits per heavy atom.